The Balaban J connectivity index is 1.34. The molecule has 1 atom stereocenters. The van der Waals surface area contributed by atoms with Crippen LogP contribution >= 0.6 is 0 Å². The van der Waals surface area contributed by atoms with Crippen molar-refractivity contribution < 1.29 is 9.53 Å². The van der Waals surface area contributed by atoms with Gasteiger partial charge in [-0.15, -0.1) is 0 Å². The smallest absolute Gasteiger partial charge is 0.274 e. The van der Waals surface area contributed by atoms with Gasteiger partial charge in [-0.3, -0.25) is 14.6 Å². The second kappa shape index (κ2) is 8.86. The highest BCUT2D eigenvalue weighted by atomic mass is 16.5. The Morgan fingerprint density at radius 2 is 1.71 bits per heavy atom. The van der Waals surface area contributed by atoms with E-state index in [2.05, 4.69) is 21.9 Å². The lowest BCUT2D eigenvalue weighted by Crippen LogP contribution is -2.39. The first-order chi connectivity index (χ1) is 16.5. The molecule has 2 heterocycles. The van der Waals surface area contributed by atoms with Crippen LogP contribution in [0.2, 0.25) is 0 Å². The molecule has 1 unspecified atom stereocenters. The van der Waals surface area contributed by atoms with Gasteiger partial charge < -0.3 is 14.6 Å². The minimum absolute atomic E-state index is 0.224. The zero-order valence-electron chi connectivity index (χ0n) is 18.7. The van der Waals surface area contributed by atoms with Gasteiger partial charge in [0.1, 0.15) is 11.1 Å². The first-order valence-corrected chi connectivity index (χ1v) is 11.1. The van der Waals surface area contributed by atoms with E-state index in [0.717, 1.165) is 22.4 Å². The number of nitrogens with one attached hydrogen (secondary N) is 2. The molecule has 7 nitrogen and oxygen atoms in total. The Hall–Kier alpha value is -4.39. The van der Waals surface area contributed by atoms with Crippen molar-refractivity contribution in [3.8, 4) is 5.75 Å². The van der Waals surface area contributed by atoms with Crippen LogP contribution in [0, 0.1) is 0 Å². The molecule has 34 heavy (non-hydrogen) atoms. The SMILES string of the molecule is C=c1c(=O)[nH]c2n1Cc1cc(OC(C)C(=O)NC(c3ccccc3)c3ccccc3)ccc1N=2. The van der Waals surface area contributed by atoms with E-state index >= 15 is 0 Å². The number of carbonyl (C=O) groups excluding carboxylic acids is 1. The predicted molar refractivity (Wildman–Crippen MR) is 130 cm³/mol. The fourth-order valence-electron chi connectivity index (χ4n) is 4.07. The summed E-state index contributed by atoms with van der Waals surface area (Å²) in [5, 5.41) is 3.48. The number of aromatic amines is 1. The van der Waals surface area contributed by atoms with E-state index in [4.69, 9.17) is 4.74 Å². The highest BCUT2D eigenvalue weighted by molar-refractivity contribution is 5.81. The summed E-state index contributed by atoms with van der Waals surface area (Å²) in [6.07, 6.45) is -0.722. The van der Waals surface area contributed by atoms with Gasteiger partial charge in [-0.25, -0.2) is 4.99 Å². The monoisotopic (exact) mass is 452 g/mol. The van der Waals surface area contributed by atoms with Gasteiger partial charge in [0.15, 0.2) is 6.10 Å². The van der Waals surface area contributed by atoms with Crippen molar-refractivity contribution >= 4 is 18.2 Å². The summed E-state index contributed by atoms with van der Waals surface area (Å²) in [4.78, 5) is 32.2. The molecule has 3 aromatic carbocycles. The maximum absolute atomic E-state index is 13.1. The summed E-state index contributed by atoms with van der Waals surface area (Å²) in [5.74, 6) is 0.332. The van der Waals surface area contributed by atoms with Crippen LogP contribution in [0.25, 0.3) is 6.58 Å². The molecular formula is C27H24N4O3. The third-order valence-corrected chi connectivity index (χ3v) is 5.91. The number of fused-ring (bicyclic) bond motifs is 2. The Labute approximate surface area is 196 Å². The van der Waals surface area contributed by atoms with Crippen LogP contribution < -0.4 is 26.6 Å². The highest BCUT2D eigenvalue weighted by Crippen LogP contribution is 2.27. The van der Waals surface area contributed by atoms with Gasteiger partial charge in [-0.05, 0) is 36.2 Å². The first-order valence-electron chi connectivity index (χ1n) is 11.1. The lowest BCUT2D eigenvalue weighted by molar-refractivity contribution is -0.127. The molecule has 1 aliphatic rings. The van der Waals surface area contributed by atoms with Crippen LogP contribution in [0.3, 0.4) is 0 Å². The first kappa shape index (κ1) is 21.5. The molecule has 0 fully saturated rings. The van der Waals surface area contributed by atoms with Crippen LogP contribution in [0.1, 0.15) is 29.7 Å². The lowest BCUT2D eigenvalue weighted by atomic mass is 9.98. The van der Waals surface area contributed by atoms with Crippen molar-refractivity contribution in [2.45, 2.75) is 25.6 Å². The number of benzene rings is 3. The number of hydrogen-bond acceptors (Lipinski definition) is 4. The average molecular weight is 453 g/mol. The Morgan fingerprint density at radius 3 is 2.35 bits per heavy atom. The predicted octanol–water partition coefficient (Wildman–Crippen LogP) is 2.57. The summed E-state index contributed by atoms with van der Waals surface area (Å²) < 4.78 is 7.72. The normalized spacial score (nSPS) is 12.9. The summed E-state index contributed by atoms with van der Waals surface area (Å²) >= 11 is 0. The van der Waals surface area contributed by atoms with E-state index in [-0.39, 0.29) is 17.5 Å². The van der Waals surface area contributed by atoms with E-state index in [9.17, 15) is 9.59 Å². The third kappa shape index (κ3) is 4.15. The molecule has 7 heteroatoms. The largest absolute Gasteiger partial charge is 0.481 e. The zero-order valence-corrected chi connectivity index (χ0v) is 18.7. The van der Waals surface area contributed by atoms with Gasteiger partial charge in [0.25, 0.3) is 11.5 Å². The Morgan fingerprint density at radius 1 is 1.06 bits per heavy atom. The highest BCUT2D eigenvalue weighted by Gasteiger charge is 2.22. The van der Waals surface area contributed by atoms with E-state index in [1.807, 2.05) is 72.8 Å². The van der Waals surface area contributed by atoms with Crippen molar-refractivity contribution in [3.63, 3.8) is 0 Å². The van der Waals surface area contributed by atoms with Crippen LogP contribution in [-0.4, -0.2) is 21.6 Å². The lowest BCUT2D eigenvalue weighted by Gasteiger charge is -2.23. The van der Waals surface area contributed by atoms with Gasteiger partial charge in [0, 0.05) is 5.56 Å². The Kier molecular flexibility index (Phi) is 5.59. The molecule has 1 aromatic heterocycles. The number of carbonyl (C=O) groups is 1. The summed E-state index contributed by atoms with van der Waals surface area (Å²) in [6.45, 7) is 5.99. The van der Waals surface area contributed by atoms with E-state index < -0.39 is 6.10 Å². The van der Waals surface area contributed by atoms with Crippen molar-refractivity contribution in [2.24, 2.45) is 4.99 Å². The summed E-state index contributed by atoms with van der Waals surface area (Å²) in [5.41, 5.74) is 3.85. The number of ether oxygens (including phenoxy) is 1. The van der Waals surface area contributed by atoms with Crippen molar-refractivity contribution in [1.29, 1.82) is 0 Å². The third-order valence-electron chi connectivity index (χ3n) is 5.91. The molecule has 1 amide bonds. The molecule has 4 aromatic rings. The zero-order chi connectivity index (χ0) is 23.7. The molecule has 0 aliphatic carbocycles. The number of hydrogen-bond donors (Lipinski definition) is 2. The molecule has 2 N–H and O–H groups in total. The summed E-state index contributed by atoms with van der Waals surface area (Å²) in [7, 11) is 0. The molecule has 0 radical (unpaired) electrons. The number of rotatable bonds is 6. The summed E-state index contributed by atoms with van der Waals surface area (Å²) in [6, 6.07) is 24.9. The number of nitrogens with zero attached hydrogens (tertiary/aromatic N) is 2. The fraction of sp³-hybridized carbons (Fsp3) is 0.148. The van der Waals surface area contributed by atoms with Crippen LogP contribution in [-0.2, 0) is 11.3 Å². The fourth-order valence-corrected chi connectivity index (χ4v) is 4.07. The molecule has 0 saturated heterocycles. The van der Waals surface area contributed by atoms with Crippen LogP contribution in [0.4, 0.5) is 5.69 Å². The molecule has 1 aliphatic heterocycles. The van der Waals surface area contributed by atoms with Gasteiger partial charge in [0.05, 0.1) is 18.3 Å². The van der Waals surface area contributed by atoms with E-state index in [0.29, 0.717) is 23.3 Å². The number of amides is 1. The van der Waals surface area contributed by atoms with Gasteiger partial charge in [0.2, 0.25) is 5.62 Å². The van der Waals surface area contributed by atoms with Crippen molar-refractivity contribution in [2.75, 3.05) is 0 Å². The van der Waals surface area contributed by atoms with Crippen LogP contribution in [0.15, 0.2) is 88.6 Å². The van der Waals surface area contributed by atoms with Crippen molar-refractivity contribution in [3.05, 3.63) is 117 Å². The quantitative estimate of drug-likeness (QED) is 0.415. The molecular weight excluding hydrogens is 428 g/mol. The van der Waals surface area contributed by atoms with E-state index in [1.54, 1.807) is 17.6 Å². The molecule has 0 spiro atoms. The number of aromatic nitrogens is 2. The van der Waals surface area contributed by atoms with Gasteiger partial charge in [-0.1, -0.05) is 67.2 Å². The molecule has 5 rings (SSSR count). The molecule has 0 bridgehead atoms. The average Bonchev–Trinajstić information content (AvgIpc) is 3.14. The topological polar surface area (TPSA) is 88.5 Å². The Bertz CT molecular complexity index is 1470. The van der Waals surface area contributed by atoms with E-state index in [1.165, 1.54) is 0 Å². The van der Waals surface area contributed by atoms with Gasteiger partial charge >= 0.3 is 0 Å². The maximum atomic E-state index is 13.1. The second-order valence-corrected chi connectivity index (χ2v) is 8.24. The second-order valence-electron chi connectivity index (χ2n) is 8.24. The number of imidazole rings is 1. The molecule has 170 valence electrons. The van der Waals surface area contributed by atoms with Gasteiger partial charge in [-0.2, -0.15) is 0 Å². The molecule has 0 saturated carbocycles. The van der Waals surface area contributed by atoms with Crippen LogP contribution in [0.5, 0.6) is 5.75 Å². The van der Waals surface area contributed by atoms with Crippen molar-refractivity contribution in [1.82, 2.24) is 14.9 Å². The minimum atomic E-state index is -0.722. The maximum Gasteiger partial charge on any atom is 0.274 e. The standard InChI is InChI=1S/C27H24N4O3/c1-17-25(32)30-27-28-23-14-13-22(15-21(23)16-31(17)27)34-18(2)26(33)29-24(19-9-5-3-6-10-19)20-11-7-4-8-12-20/h3-15,18,24H,1,16H2,2H3,(H,29,33)(H,28,30,32). The number of H-pyrrole nitrogens is 1. The minimum Gasteiger partial charge on any atom is -0.481 e.